The van der Waals surface area contributed by atoms with Crippen molar-refractivity contribution in [3.05, 3.63) is 22.7 Å². The minimum atomic E-state index is -3.28. The maximum atomic E-state index is 12.7. The molecule has 4 aliphatic carbocycles. The van der Waals surface area contributed by atoms with Crippen LogP contribution < -0.4 is 0 Å². The van der Waals surface area contributed by atoms with E-state index in [-0.39, 0.29) is 29.8 Å². The second-order valence-electron chi connectivity index (χ2n) is 9.51. The highest BCUT2D eigenvalue weighted by Crippen LogP contribution is 2.74. The fourth-order valence-electron chi connectivity index (χ4n) is 6.46. The number of allylic oxidation sites excluding steroid dienone is 1. The number of carbonyl (C=O) groups excluding carboxylic acids is 1. The predicted octanol–water partition coefficient (Wildman–Crippen LogP) is 1.14. The third kappa shape index (κ3) is 2.08. The van der Waals surface area contributed by atoms with E-state index in [1.165, 1.54) is 0 Å². The third-order valence-corrected chi connectivity index (χ3v) is 7.92. The molecule has 27 heavy (non-hydrogen) atoms. The fraction of sp³-hybridized carbons (Fsp3) is 0.750. The monoisotopic (exact) mass is 380 g/mol. The van der Waals surface area contributed by atoms with Gasteiger partial charge in [-0.1, -0.05) is 27.7 Å². The first-order valence-electron chi connectivity index (χ1n) is 9.56. The molecular formula is C20H28O7. The summed E-state index contributed by atoms with van der Waals surface area (Å²) in [6.45, 7) is 7.13. The molecule has 7 heteroatoms. The van der Waals surface area contributed by atoms with Crippen molar-refractivity contribution in [2.45, 2.75) is 52.1 Å². The van der Waals surface area contributed by atoms with Crippen molar-refractivity contribution in [1.82, 2.24) is 0 Å². The molecule has 4 rings (SSSR count). The first-order valence-corrected chi connectivity index (χ1v) is 9.56. The summed E-state index contributed by atoms with van der Waals surface area (Å²) in [6, 6.07) is 0. The molecule has 2 saturated carbocycles. The highest BCUT2D eigenvalue weighted by molar-refractivity contribution is 5.86. The Labute approximate surface area is 157 Å². The Bertz CT molecular complexity index is 787. The molecule has 0 saturated heterocycles. The smallest absolute Gasteiger partial charge is 0.303 e. The van der Waals surface area contributed by atoms with E-state index in [0.717, 1.165) is 0 Å². The van der Waals surface area contributed by atoms with Gasteiger partial charge in [-0.25, -0.2) is 0 Å². The van der Waals surface area contributed by atoms with Gasteiger partial charge in [-0.2, -0.15) is 0 Å². The van der Waals surface area contributed by atoms with Gasteiger partial charge in [0.1, 0.15) is 17.1 Å². The normalized spacial score (nSPS) is 46.0. The van der Waals surface area contributed by atoms with Gasteiger partial charge in [-0.15, -0.1) is 0 Å². The van der Waals surface area contributed by atoms with Gasteiger partial charge in [0.25, 0.3) is 0 Å². The maximum Gasteiger partial charge on any atom is 0.303 e. The summed E-state index contributed by atoms with van der Waals surface area (Å²) >= 11 is 0. The van der Waals surface area contributed by atoms with Crippen LogP contribution in [0.3, 0.4) is 0 Å². The minimum Gasteiger partial charge on any atom is -0.512 e. The molecule has 0 aromatic carbocycles. The van der Waals surface area contributed by atoms with E-state index in [2.05, 4.69) is 0 Å². The van der Waals surface area contributed by atoms with Crippen LogP contribution in [0.25, 0.3) is 0 Å². The Kier molecular flexibility index (Phi) is 3.60. The minimum absolute atomic E-state index is 0.0567. The topological polar surface area (TPSA) is 138 Å². The van der Waals surface area contributed by atoms with Gasteiger partial charge in [0.2, 0.25) is 0 Å². The van der Waals surface area contributed by atoms with Gasteiger partial charge < -0.3 is 30.6 Å². The largest absolute Gasteiger partial charge is 0.512 e. The molecule has 150 valence electrons. The Morgan fingerprint density at radius 2 is 1.67 bits per heavy atom. The molecule has 3 unspecified atom stereocenters. The number of hydrogen-bond donors (Lipinski definition) is 6. The number of rotatable bonds is 1. The number of carbonyl (C=O) groups is 1. The Morgan fingerprint density at radius 3 is 2.22 bits per heavy atom. The van der Waals surface area contributed by atoms with Crippen LogP contribution in [0.15, 0.2) is 22.7 Å². The van der Waals surface area contributed by atoms with E-state index in [4.69, 9.17) is 0 Å². The molecule has 0 heterocycles. The van der Waals surface area contributed by atoms with Crippen LogP contribution >= 0.6 is 0 Å². The zero-order valence-electron chi connectivity index (χ0n) is 16.0. The van der Waals surface area contributed by atoms with E-state index in [9.17, 15) is 35.4 Å². The molecule has 0 bridgehead atoms. The van der Waals surface area contributed by atoms with Gasteiger partial charge in [-0.05, 0) is 24.7 Å². The second-order valence-corrected chi connectivity index (χ2v) is 9.51. The van der Waals surface area contributed by atoms with E-state index in [1.54, 1.807) is 20.8 Å². The van der Waals surface area contributed by atoms with Crippen LogP contribution in [-0.4, -0.2) is 48.0 Å². The summed E-state index contributed by atoms with van der Waals surface area (Å²) in [7, 11) is 0. The molecule has 0 aliphatic heterocycles. The zero-order valence-corrected chi connectivity index (χ0v) is 16.0. The van der Waals surface area contributed by atoms with Crippen molar-refractivity contribution >= 4 is 5.78 Å². The Balaban J connectivity index is 1.97. The van der Waals surface area contributed by atoms with Crippen molar-refractivity contribution in [3.63, 3.8) is 0 Å². The van der Waals surface area contributed by atoms with E-state index >= 15 is 0 Å². The van der Waals surface area contributed by atoms with E-state index < -0.39 is 52.0 Å². The number of aliphatic hydroxyl groups is 6. The summed E-state index contributed by atoms with van der Waals surface area (Å²) in [5, 5.41) is 62.8. The molecule has 7 atom stereocenters. The van der Waals surface area contributed by atoms with Crippen LogP contribution in [0.5, 0.6) is 0 Å². The lowest BCUT2D eigenvalue weighted by Crippen LogP contribution is -2.44. The number of Topliss-reactive ketones (excluding diaryl/α,β-unsaturated/α-hetero) is 1. The van der Waals surface area contributed by atoms with Crippen molar-refractivity contribution in [1.29, 1.82) is 0 Å². The van der Waals surface area contributed by atoms with Crippen LogP contribution in [0.1, 0.15) is 40.5 Å². The van der Waals surface area contributed by atoms with Crippen LogP contribution in [0.2, 0.25) is 0 Å². The molecule has 0 radical (unpaired) electrons. The summed E-state index contributed by atoms with van der Waals surface area (Å²) in [4.78, 5) is 12.7. The molecule has 7 nitrogen and oxygen atoms in total. The van der Waals surface area contributed by atoms with Crippen molar-refractivity contribution < 1.29 is 35.4 Å². The lowest BCUT2D eigenvalue weighted by atomic mass is 9.64. The van der Waals surface area contributed by atoms with Crippen molar-refractivity contribution in [2.75, 3.05) is 0 Å². The lowest BCUT2D eigenvalue weighted by molar-refractivity contribution is -0.285. The Morgan fingerprint density at radius 1 is 1.07 bits per heavy atom. The zero-order chi connectivity index (χ0) is 20.3. The predicted molar refractivity (Wildman–Crippen MR) is 94.0 cm³/mol. The van der Waals surface area contributed by atoms with Gasteiger partial charge in [0.05, 0.1) is 17.3 Å². The average Bonchev–Trinajstić information content (AvgIpc) is 2.91. The summed E-state index contributed by atoms with van der Waals surface area (Å²) in [5.74, 6) is -6.63. The summed E-state index contributed by atoms with van der Waals surface area (Å²) < 4.78 is 0. The van der Waals surface area contributed by atoms with Gasteiger partial charge in [0.15, 0.2) is 0 Å². The molecule has 2 fully saturated rings. The number of ketones is 1. The van der Waals surface area contributed by atoms with Gasteiger partial charge in [0, 0.05) is 28.7 Å². The van der Waals surface area contributed by atoms with Crippen molar-refractivity contribution in [2.24, 2.45) is 40.9 Å². The highest BCUT2D eigenvalue weighted by Gasteiger charge is 2.77. The standard InChI is InChI=1S/C20H28O7/c1-7-5-9-10(14(7)21)6-11(20(25,26)27)16(23)13-12(9)8(2)15(22)17-18(3,4)19(13,17)24/h7-10,12-13,22-27H,5-6H2,1-4H3/t7?,8-,9+,10?,12?,13-,19+/m0/s1. The van der Waals surface area contributed by atoms with Crippen LogP contribution in [0, 0.1) is 40.9 Å². The average molecular weight is 380 g/mol. The van der Waals surface area contributed by atoms with Gasteiger partial charge >= 0.3 is 5.97 Å². The molecule has 0 aromatic rings. The molecule has 0 amide bonds. The molecule has 0 spiro atoms. The van der Waals surface area contributed by atoms with E-state index in [1.807, 2.05) is 6.92 Å². The number of hydrogen-bond acceptors (Lipinski definition) is 7. The number of fused-ring (bicyclic) bond motifs is 5. The SMILES string of the molecule is CC1C[C@@H]2C(CC(C(O)(O)O)=C(O)[C@@H]3C2[C@H](C)C(O)=C2C(C)(C)[C@]23O)C1=O. The van der Waals surface area contributed by atoms with Crippen LogP contribution in [0.4, 0.5) is 0 Å². The van der Waals surface area contributed by atoms with Crippen LogP contribution in [-0.2, 0) is 4.79 Å². The quantitative estimate of drug-likeness (QED) is 0.375. The summed E-state index contributed by atoms with van der Waals surface area (Å²) in [6.07, 6.45) is 0.347. The molecule has 4 aliphatic rings. The number of aliphatic hydroxyl groups excluding tert-OH is 2. The summed E-state index contributed by atoms with van der Waals surface area (Å²) in [5.41, 5.74) is -2.36. The Hall–Kier alpha value is -1.41. The lowest BCUT2D eigenvalue weighted by Gasteiger charge is -2.41. The fourth-order valence-corrected chi connectivity index (χ4v) is 6.46. The third-order valence-electron chi connectivity index (χ3n) is 7.92. The molecule has 0 aromatic heterocycles. The van der Waals surface area contributed by atoms with E-state index in [0.29, 0.717) is 12.0 Å². The highest BCUT2D eigenvalue weighted by atomic mass is 16.7. The first-order chi connectivity index (χ1) is 12.3. The maximum absolute atomic E-state index is 12.7. The molecular weight excluding hydrogens is 352 g/mol. The van der Waals surface area contributed by atoms with Crippen molar-refractivity contribution in [3.8, 4) is 0 Å². The molecule has 6 N–H and O–H groups in total. The van der Waals surface area contributed by atoms with Gasteiger partial charge in [-0.3, -0.25) is 4.79 Å². The first kappa shape index (κ1) is 18.9. The second kappa shape index (κ2) is 5.14.